The van der Waals surface area contributed by atoms with Crippen LogP contribution in [0.25, 0.3) is 0 Å². The molecule has 0 atom stereocenters. The monoisotopic (exact) mass is 469 g/mol. The van der Waals surface area contributed by atoms with Crippen molar-refractivity contribution in [1.29, 1.82) is 0 Å². The van der Waals surface area contributed by atoms with Gasteiger partial charge in [-0.2, -0.15) is 0 Å². The van der Waals surface area contributed by atoms with E-state index in [0.717, 1.165) is 57.8 Å². The van der Waals surface area contributed by atoms with Gasteiger partial charge in [0.2, 0.25) is 0 Å². The Bertz CT molecular complexity index is 415. The van der Waals surface area contributed by atoms with Gasteiger partial charge in [0.15, 0.2) is 0 Å². The Balaban J connectivity index is 0. The van der Waals surface area contributed by atoms with E-state index in [9.17, 15) is 9.90 Å². The van der Waals surface area contributed by atoms with Crippen LogP contribution in [0.3, 0.4) is 0 Å². The maximum absolute atomic E-state index is 10.3. The molecule has 0 unspecified atom stereocenters. The summed E-state index contributed by atoms with van der Waals surface area (Å²) in [6.07, 6.45) is 28.4. The number of carbonyl (C=O) groups is 1. The number of aliphatic carboxylic acids is 1. The average Bonchev–Trinajstić information content (AvgIpc) is 2.79. The summed E-state index contributed by atoms with van der Waals surface area (Å²) in [5, 5.41) is 18.7. The third kappa shape index (κ3) is 29.1. The van der Waals surface area contributed by atoms with Crippen LogP contribution in [0.2, 0.25) is 0 Å². The number of unbranched alkanes of at least 4 members (excludes halogenated alkanes) is 13. The lowest BCUT2D eigenvalue weighted by Gasteiger charge is -2.27. The summed E-state index contributed by atoms with van der Waals surface area (Å²) in [4.78, 5) is 10.3. The van der Waals surface area contributed by atoms with Gasteiger partial charge < -0.3 is 15.9 Å². The zero-order valence-electron chi connectivity index (χ0n) is 22.6. The molecule has 0 heterocycles. The lowest BCUT2D eigenvalue weighted by Crippen LogP contribution is -2.31. The predicted molar refractivity (Wildman–Crippen MR) is 145 cm³/mol. The fraction of sp³-hybridized carbons (Fsp3) is 0.897. The normalized spacial score (nSPS) is 11.5. The zero-order valence-corrected chi connectivity index (χ0v) is 22.6. The Hall–Kier alpha value is -0.870. The van der Waals surface area contributed by atoms with Crippen molar-refractivity contribution >= 4 is 5.97 Å². The maximum atomic E-state index is 10.3. The molecule has 0 rings (SSSR count). The van der Waals surface area contributed by atoms with Crippen LogP contribution in [0.4, 0.5) is 0 Å². The van der Waals surface area contributed by atoms with Crippen molar-refractivity contribution in [2.24, 2.45) is 5.73 Å². The van der Waals surface area contributed by atoms with Crippen molar-refractivity contribution in [3.8, 4) is 0 Å². The van der Waals surface area contributed by atoms with Gasteiger partial charge in [-0.3, -0.25) is 4.79 Å². The quantitative estimate of drug-likeness (QED) is 0.103. The molecule has 0 saturated carbocycles. The van der Waals surface area contributed by atoms with Crippen molar-refractivity contribution < 1.29 is 15.0 Å². The first-order chi connectivity index (χ1) is 16.0. The van der Waals surface area contributed by atoms with Gasteiger partial charge in [-0.1, -0.05) is 110 Å². The molecular formula is C29H59NO3. The standard InChI is InChI=1S/C18H34O2.C11H25NO/c1-2-3-4-5-6-7-8-9-10-11-12-13-14-15-16-17-18(19)20;1-3-5-7-11(13,9-10-12)8-6-4-2/h9-10H,2-8,11-17H2,1H3,(H,19,20);13H,3-10,12H2,1-2H3. The minimum atomic E-state index is -0.664. The number of hydrogen-bond donors (Lipinski definition) is 3. The van der Waals surface area contributed by atoms with Crippen LogP contribution in [-0.2, 0) is 4.79 Å². The molecule has 4 N–H and O–H groups in total. The second-order valence-electron chi connectivity index (χ2n) is 9.70. The van der Waals surface area contributed by atoms with Crippen LogP contribution in [0.5, 0.6) is 0 Å². The van der Waals surface area contributed by atoms with Crippen LogP contribution in [-0.4, -0.2) is 28.3 Å². The highest BCUT2D eigenvalue weighted by Crippen LogP contribution is 2.24. The minimum absolute atomic E-state index is 0.332. The van der Waals surface area contributed by atoms with E-state index in [0.29, 0.717) is 13.0 Å². The fourth-order valence-electron chi connectivity index (χ4n) is 4.00. The molecule has 0 fully saturated rings. The van der Waals surface area contributed by atoms with Crippen LogP contribution in [0.15, 0.2) is 12.2 Å². The summed E-state index contributed by atoms with van der Waals surface area (Å²) in [5.41, 5.74) is 5.03. The van der Waals surface area contributed by atoms with Crippen molar-refractivity contribution in [2.75, 3.05) is 6.54 Å². The number of nitrogens with two attached hydrogens (primary N) is 1. The third-order valence-electron chi connectivity index (χ3n) is 6.25. The van der Waals surface area contributed by atoms with E-state index < -0.39 is 11.6 Å². The first kappa shape index (κ1) is 34.3. The first-order valence-corrected chi connectivity index (χ1v) is 14.2. The molecule has 4 nitrogen and oxygen atoms in total. The van der Waals surface area contributed by atoms with Gasteiger partial charge in [-0.15, -0.1) is 0 Å². The van der Waals surface area contributed by atoms with E-state index in [1.54, 1.807) is 0 Å². The molecule has 0 spiro atoms. The Kier molecular flexibility index (Phi) is 28.5. The van der Waals surface area contributed by atoms with Gasteiger partial charge in [-0.05, 0) is 57.9 Å². The molecule has 0 aromatic rings. The largest absolute Gasteiger partial charge is 0.481 e. The number of allylic oxidation sites excluding steroid dienone is 2. The van der Waals surface area contributed by atoms with Crippen LogP contribution in [0, 0.1) is 0 Å². The number of carboxylic acid groups (broad SMARTS) is 1. The third-order valence-corrected chi connectivity index (χ3v) is 6.25. The molecule has 4 heteroatoms. The number of carboxylic acids is 1. The van der Waals surface area contributed by atoms with Crippen molar-refractivity contribution in [2.45, 2.75) is 161 Å². The Morgan fingerprint density at radius 1 is 0.667 bits per heavy atom. The van der Waals surface area contributed by atoms with E-state index in [2.05, 4.69) is 32.9 Å². The predicted octanol–water partition coefficient (Wildman–Crippen LogP) is 8.56. The molecule has 198 valence electrons. The molecule has 0 aliphatic heterocycles. The number of hydrogen-bond acceptors (Lipinski definition) is 3. The van der Waals surface area contributed by atoms with Gasteiger partial charge >= 0.3 is 5.97 Å². The van der Waals surface area contributed by atoms with Crippen molar-refractivity contribution in [3.05, 3.63) is 12.2 Å². The summed E-state index contributed by atoms with van der Waals surface area (Å²) in [7, 11) is 0. The van der Waals surface area contributed by atoms with E-state index >= 15 is 0 Å². The molecule has 0 aromatic carbocycles. The lowest BCUT2D eigenvalue weighted by molar-refractivity contribution is -0.137. The SMILES string of the molecule is CCCCC(O)(CCN)CCCC.CCCCCCCCC=CCCCCCCCC(=O)O. The summed E-state index contributed by atoms with van der Waals surface area (Å²) in [6.45, 7) is 7.17. The Morgan fingerprint density at radius 3 is 1.52 bits per heavy atom. The highest BCUT2D eigenvalue weighted by Gasteiger charge is 2.23. The molecule has 0 aliphatic rings. The molecule has 0 radical (unpaired) electrons. The molecule has 0 bridgehead atoms. The fourth-order valence-corrected chi connectivity index (χ4v) is 4.00. The van der Waals surface area contributed by atoms with E-state index in [1.165, 1.54) is 70.6 Å². The number of rotatable bonds is 23. The first-order valence-electron chi connectivity index (χ1n) is 14.2. The van der Waals surface area contributed by atoms with E-state index in [-0.39, 0.29) is 0 Å². The Labute approximate surface area is 206 Å². The number of aliphatic hydroxyl groups is 1. The lowest BCUT2D eigenvalue weighted by atomic mass is 9.88. The highest BCUT2D eigenvalue weighted by molar-refractivity contribution is 5.66. The molecule has 0 saturated heterocycles. The van der Waals surface area contributed by atoms with E-state index in [1.807, 2.05) is 0 Å². The van der Waals surface area contributed by atoms with Gasteiger partial charge in [0.1, 0.15) is 0 Å². The van der Waals surface area contributed by atoms with E-state index in [4.69, 9.17) is 10.8 Å². The van der Waals surface area contributed by atoms with Crippen LogP contribution < -0.4 is 5.73 Å². The molecule has 0 aliphatic carbocycles. The smallest absolute Gasteiger partial charge is 0.303 e. The molecule has 0 aromatic heterocycles. The van der Waals surface area contributed by atoms with Crippen molar-refractivity contribution in [3.63, 3.8) is 0 Å². The van der Waals surface area contributed by atoms with Crippen LogP contribution >= 0.6 is 0 Å². The molecule has 33 heavy (non-hydrogen) atoms. The molecule has 0 amide bonds. The topological polar surface area (TPSA) is 83.5 Å². The summed E-state index contributed by atoms with van der Waals surface area (Å²) in [6, 6.07) is 0. The zero-order chi connectivity index (χ0) is 25.0. The maximum Gasteiger partial charge on any atom is 0.303 e. The second-order valence-corrected chi connectivity index (χ2v) is 9.70. The van der Waals surface area contributed by atoms with Crippen molar-refractivity contribution in [1.82, 2.24) is 0 Å². The highest BCUT2D eigenvalue weighted by atomic mass is 16.4. The average molecular weight is 470 g/mol. The Morgan fingerprint density at radius 2 is 1.09 bits per heavy atom. The minimum Gasteiger partial charge on any atom is -0.481 e. The van der Waals surface area contributed by atoms with Gasteiger partial charge in [0.05, 0.1) is 5.60 Å². The van der Waals surface area contributed by atoms with Crippen LogP contribution in [0.1, 0.15) is 156 Å². The summed E-state index contributed by atoms with van der Waals surface area (Å²) >= 11 is 0. The van der Waals surface area contributed by atoms with Gasteiger partial charge in [-0.25, -0.2) is 0 Å². The summed E-state index contributed by atoms with van der Waals surface area (Å²) in [5.74, 6) is -0.664. The van der Waals surface area contributed by atoms with Gasteiger partial charge in [0.25, 0.3) is 0 Å². The van der Waals surface area contributed by atoms with Gasteiger partial charge in [0, 0.05) is 6.42 Å². The molecular weight excluding hydrogens is 410 g/mol. The summed E-state index contributed by atoms with van der Waals surface area (Å²) < 4.78 is 0. The second kappa shape index (κ2) is 27.4.